The summed E-state index contributed by atoms with van der Waals surface area (Å²) in [6.07, 6.45) is -0.762. The van der Waals surface area contributed by atoms with Crippen LogP contribution < -0.4 is 4.74 Å². The van der Waals surface area contributed by atoms with Gasteiger partial charge in [-0.1, -0.05) is 24.3 Å². The van der Waals surface area contributed by atoms with Crippen LogP contribution in [-0.2, 0) is 0 Å². The van der Waals surface area contributed by atoms with Crippen LogP contribution in [0.2, 0.25) is 0 Å². The molecule has 0 aliphatic heterocycles. The molecule has 0 saturated carbocycles. The zero-order valence-electron chi connectivity index (χ0n) is 13.2. The third-order valence-electron chi connectivity index (χ3n) is 3.78. The Labute approximate surface area is 135 Å². The van der Waals surface area contributed by atoms with Crippen molar-refractivity contribution in [2.45, 2.75) is 19.1 Å². The van der Waals surface area contributed by atoms with Crippen LogP contribution in [0.3, 0.4) is 0 Å². The van der Waals surface area contributed by atoms with Crippen LogP contribution >= 0.6 is 0 Å². The summed E-state index contributed by atoms with van der Waals surface area (Å²) in [5.74, 6) is -0.601. The first kappa shape index (κ1) is 17.4. The molecule has 0 aliphatic carbocycles. The van der Waals surface area contributed by atoms with Gasteiger partial charge in [0.15, 0.2) is 11.6 Å². The van der Waals surface area contributed by atoms with Crippen LogP contribution in [0.25, 0.3) is 0 Å². The molecule has 3 nitrogen and oxygen atoms in total. The van der Waals surface area contributed by atoms with Gasteiger partial charge >= 0.3 is 0 Å². The van der Waals surface area contributed by atoms with Crippen molar-refractivity contribution in [1.82, 2.24) is 4.90 Å². The monoisotopic (exact) mass is 321 g/mol. The average molecular weight is 321 g/mol. The molecule has 0 spiro atoms. The third kappa shape index (κ3) is 5.01. The lowest BCUT2D eigenvalue weighted by Crippen LogP contribution is -2.34. The molecular formula is C18H21F2NO2. The van der Waals surface area contributed by atoms with Crippen molar-refractivity contribution in [3.63, 3.8) is 0 Å². The van der Waals surface area contributed by atoms with Crippen molar-refractivity contribution < 1.29 is 18.6 Å². The van der Waals surface area contributed by atoms with E-state index in [2.05, 4.69) is 0 Å². The highest BCUT2D eigenvalue weighted by atomic mass is 19.1. The lowest BCUT2D eigenvalue weighted by molar-refractivity contribution is 0.0640. The maximum Gasteiger partial charge on any atom is 0.165 e. The number of aliphatic hydroxyl groups excluding tert-OH is 1. The molecule has 2 rings (SSSR count). The maximum absolute atomic E-state index is 13.4. The number of aliphatic hydroxyl groups is 1. The summed E-state index contributed by atoms with van der Waals surface area (Å²) in [4.78, 5) is 1.93. The summed E-state index contributed by atoms with van der Waals surface area (Å²) >= 11 is 0. The van der Waals surface area contributed by atoms with E-state index in [0.29, 0.717) is 6.54 Å². The highest BCUT2D eigenvalue weighted by molar-refractivity contribution is 5.23. The van der Waals surface area contributed by atoms with Crippen molar-refractivity contribution in [3.05, 3.63) is 65.7 Å². The lowest BCUT2D eigenvalue weighted by Gasteiger charge is -2.27. The summed E-state index contributed by atoms with van der Waals surface area (Å²) < 4.78 is 31.7. The number of hydrogen-bond donors (Lipinski definition) is 1. The van der Waals surface area contributed by atoms with E-state index in [1.54, 1.807) is 24.3 Å². The third-order valence-corrected chi connectivity index (χ3v) is 3.78. The Kier molecular flexibility index (Phi) is 6.07. The van der Waals surface area contributed by atoms with Gasteiger partial charge in [-0.15, -0.1) is 0 Å². The number of likely N-dealkylation sites (N-methyl/N-ethyl adjacent to an activating group) is 1. The van der Waals surface area contributed by atoms with Gasteiger partial charge in [-0.05, 0) is 43.8 Å². The fraction of sp³-hybridized carbons (Fsp3) is 0.333. The summed E-state index contributed by atoms with van der Waals surface area (Å²) in [5.41, 5.74) is 0.955. The molecule has 2 atom stereocenters. The van der Waals surface area contributed by atoms with Crippen molar-refractivity contribution in [2.75, 3.05) is 20.2 Å². The molecule has 0 aliphatic rings. The van der Waals surface area contributed by atoms with Crippen LogP contribution in [0.4, 0.5) is 8.78 Å². The molecule has 2 unspecified atom stereocenters. The van der Waals surface area contributed by atoms with Crippen LogP contribution in [0.15, 0.2) is 48.5 Å². The van der Waals surface area contributed by atoms with Gasteiger partial charge in [-0.25, -0.2) is 8.78 Å². The van der Waals surface area contributed by atoms with E-state index in [4.69, 9.17) is 4.74 Å². The van der Waals surface area contributed by atoms with E-state index < -0.39 is 11.9 Å². The van der Waals surface area contributed by atoms with Crippen LogP contribution in [-0.4, -0.2) is 36.3 Å². The van der Waals surface area contributed by atoms with Gasteiger partial charge in [0, 0.05) is 12.6 Å². The first-order valence-electron chi connectivity index (χ1n) is 7.48. The molecule has 0 bridgehead atoms. The fourth-order valence-electron chi connectivity index (χ4n) is 2.29. The number of nitrogens with zero attached hydrogens (tertiary/aromatic N) is 1. The number of rotatable bonds is 7. The zero-order chi connectivity index (χ0) is 16.8. The number of benzene rings is 2. The second-order valence-electron chi connectivity index (χ2n) is 5.56. The Morgan fingerprint density at radius 2 is 1.74 bits per heavy atom. The SMILES string of the molecule is CC(c1ccc(F)cc1)N(C)CC(O)COc1ccccc1F. The van der Waals surface area contributed by atoms with Gasteiger partial charge in [-0.2, -0.15) is 0 Å². The Morgan fingerprint density at radius 3 is 2.39 bits per heavy atom. The molecule has 124 valence electrons. The second kappa shape index (κ2) is 8.04. The predicted molar refractivity (Wildman–Crippen MR) is 85.3 cm³/mol. The largest absolute Gasteiger partial charge is 0.488 e. The Balaban J connectivity index is 1.85. The standard InChI is InChI=1S/C18H21F2NO2/c1-13(14-7-9-15(19)10-8-14)21(2)11-16(22)12-23-18-6-4-3-5-17(18)20/h3-10,13,16,22H,11-12H2,1-2H3. The quantitative estimate of drug-likeness (QED) is 0.848. The fourth-order valence-corrected chi connectivity index (χ4v) is 2.29. The van der Waals surface area contributed by atoms with E-state index in [1.165, 1.54) is 24.3 Å². The van der Waals surface area contributed by atoms with Gasteiger partial charge in [0.25, 0.3) is 0 Å². The van der Waals surface area contributed by atoms with Crippen LogP contribution in [0.5, 0.6) is 5.75 Å². The molecule has 2 aromatic carbocycles. The molecule has 0 fully saturated rings. The molecule has 0 saturated heterocycles. The van der Waals surface area contributed by atoms with E-state index in [1.807, 2.05) is 18.9 Å². The lowest BCUT2D eigenvalue weighted by atomic mass is 10.1. The first-order valence-corrected chi connectivity index (χ1v) is 7.48. The van der Waals surface area contributed by atoms with Crippen LogP contribution in [0.1, 0.15) is 18.5 Å². The van der Waals surface area contributed by atoms with Crippen molar-refractivity contribution in [3.8, 4) is 5.75 Å². The molecule has 0 radical (unpaired) electrons. The number of halogens is 2. The summed E-state index contributed by atoms with van der Waals surface area (Å²) in [7, 11) is 1.86. The number of para-hydroxylation sites is 1. The molecular weight excluding hydrogens is 300 g/mol. The minimum Gasteiger partial charge on any atom is -0.488 e. The molecule has 0 heterocycles. The number of hydrogen-bond acceptors (Lipinski definition) is 3. The van der Waals surface area contributed by atoms with Gasteiger partial charge < -0.3 is 9.84 Å². The van der Waals surface area contributed by atoms with Crippen molar-refractivity contribution in [2.24, 2.45) is 0 Å². The number of ether oxygens (including phenoxy) is 1. The zero-order valence-corrected chi connectivity index (χ0v) is 13.2. The average Bonchev–Trinajstić information content (AvgIpc) is 2.54. The minimum absolute atomic E-state index is 0.00140. The summed E-state index contributed by atoms with van der Waals surface area (Å²) in [6.45, 7) is 2.33. The van der Waals surface area contributed by atoms with E-state index >= 15 is 0 Å². The Morgan fingerprint density at radius 1 is 1.09 bits per heavy atom. The van der Waals surface area contributed by atoms with E-state index in [0.717, 1.165) is 5.56 Å². The van der Waals surface area contributed by atoms with Gasteiger partial charge in [0.05, 0.1) is 0 Å². The van der Waals surface area contributed by atoms with Gasteiger partial charge in [0.2, 0.25) is 0 Å². The van der Waals surface area contributed by atoms with Gasteiger partial charge in [0.1, 0.15) is 18.5 Å². The summed E-state index contributed by atoms with van der Waals surface area (Å²) in [6, 6.07) is 12.4. The molecule has 0 aromatic heterocycles. The minimum atomic E-state index is -0.762. The maximum atomic E-state index is 13.4. The Hall–Kier alpha value is -1.98. The topological polar surface area (TPSA) is 32.7 Å². The van der Waals surface area contributed by atoms with E-state index in [9.17, 15) is 13.9 Å². The highest BCUT2D eigenvalue weighted by Gasteiger charge is 2.16. The second-order valence-corrected chi connectivity index (χ2v) is 5.56. The highest BCUT2D eigenvalue weighted by Crippen LogP contribution is 2.20. The van der Waals surface area contributed by atoms with E-state index in [-0.39, 0.29) is 24.2 Å². The van der Waals surface area contributed by atoms with Crippen molar-refractivity contribution >= 4 is 0 Å². The van der Waals surface area contributed by atoms with Crippen LogP contribution in [0, 0.1) is 11.6 Å². The molecule has 5 heteroatoms. The molecule has 23 heavy (non-hydrogen) atoms. The Bertz CT molecular complexity index is 619. The van der Waals surface area contributed by atoms with Gasteiger partial charge in [-0.3, -0.25) is 4.90 Å². The summed E-state index contributed by atoms with van der Waals surface area (Å²) in [5, 5.41) is 10.1. The molecule has 1 N–H and O–H groups in total. The molecule has 2 aromatic rings. The van der Waals surface area contributed by atoms with Crippen molar-refractivity contribution in [1.29, 1.82) is 0 Å². The smallest absolute Gasteiger partial charge is 0.165 e. The predicted octanol–water partition coefficient (Wildman–Crippen LogP) is 3.40. The first-order chi connectivity index (χ1) is 11.0. The molecule has 0 amide bonds. The normalized spacial score (nSPS) is 13.8.